The molecule has 1 amide bonds. The van der Waals surface area contributed by atoms with Gasteiger partial charge in [-0.1, -0.05) is 0 Å². The van der Waals surface area contributed by atoms with Gasteiger partial charge in [0.05, 0.1) is 12.5 Å². The van der Waals surface area contributed by atoms with Gasteiger partial charge in [0.15, 0.2) is 22.6 Å². The number of hydrogen-bond acceptors (Lipinski definition) is 7. The van der Waals surface area contributed by atoms with Crippen LogP contribution in [0.1, 0.15) is 13.3 Å². The van der Waals surface area contributed by atoms with Gasteiger partial charge in [-0.3, -0.25) is 4.79 Å². The molecule has 156 valence electrons. The average Bonchev–Trinajstić information content (AvgIpc) is 3.34. The van der Waals surface area contributed by atoms with Gasteiger partial charge in [0.25, 0.3) is 15.9 Å². The molecule has 11 heteroatoms. The zero-order chi connectivity index (χ0) is 20.4. The topological polar surface area (TPSA) is 114 Å². The maximum atomic E-state index is 12.8. The minimum Gasteiger partial charge on any atom is -0.481 e. The highest BCUT2D eigenvalue weighted by Gasteiger charge is 2.31. The van der Waals surface area contributed by atoms with Gasteiger partial charge in [-0.25, -0.2) is 13.4 Å². The molecule has 1 aromatic heterocycles. The summed E-state index contributed by atoms with van der Waals surface area (Å²) in [6, 6.07) is 5.14. The van der Waals surface area contributed by atoms with Gasteiger partial charge in [0, 0.05) is 32.2 Å². The lowest BCUT2D eigenvalue weighted by molar-refractivity contribution is -0.137. The zero-order valence-corrected chi connectivity index (χ0v) is 16.7. The van der Waals surface area contributed by atoms with Crippen LogP contribution in [0, 0.1) is 0 Å². The third kappa shape index (κ3) is 4.01. The van der Waals surface area contributed by atoms with E-state index in [0.717, 1.165) is 0 Å². The van der Waals surface area contributed by atoms with Gasteiger partial charge >= 0.3 is 0 Å². The van der Waals surface area contributed by atoms with E-state index in [9.17, 15) is 13.2 Å². The summed E-state index contributed by atoms with van der Waals surface area (Å²) in [4.78, 5) is 20.9. The van der Waals surface area contributed by atoms with E-state index < -0.39 is 16.1 Å². The Hall–Kier alpha value is -2.79. The van der Waals surface area contributed by atoms with Gasteiger partial charge in [-0.05, 0) is 25.5 Å². The van der Waals surface area contributed by atoms with Crippen LogP contribution in [0.2, 0.25) is 0 Å². The molecule has 0 saturated carbocycles. The summed E-state index contributed by atoms with van der Waals surface area (Å²) >= 11 is 0. The van der Waals surface area contributed by atoms with E-state index in [1.54, 1.807) is 30.0 Å². The molecule has 2 aliphatic rings. The van der Waals surface area contributed by atoms with Gasteiger partial charge in [-0.2, -0.15) is 4.31 Å². The zero-order valence-electron chi connectivity index (χ0n) is 15.9. The molecule has 10 nitrogen and oxygen atoms in total. The van der Waals surface area contributed by atoms with Crippen LogP contribution in [0.5, 0.6) is 17.2 Å². The smallest absolute Gasteiger partial charge is 0.263 e. The number of benzene rings is 1. The number of carbonyl (C=O) groups excluding carboxylic acids is 1. The lowest BCUT2D eigenvalue weighted by atomic mass is 10.2. The summed E-state index contributed by atoms with van der Waals surface area (Å²) in [6.45, 7) is 3.14. The normalized spacial score (nSPS) is 18.3. The second-order valence-corrected chi connectivity index (χ2v) is 8.68. The van der Waals surface area contributed by atoms with E-state index in [-0.39, 0.29) is 24.3 Å². The maximum Gasteiger partial charge on any atom is 0.263 e. The quantitative estimate of drug-likeness (QED) is 0.759. The molecule has 1 atom stereocenters. The number of aromatic amines is 1. The number of amides is 1. The fraction of sp³-hybridized carbons (Fsp3) is 0.444. The number of carbonyl (C=O) groups is 1. The molecule has 2 aromatic rings. The number of ether oxygens (including phenoxy) is 3. The lowest BCUT2D eigenvalue weighted by Crippen LogP contribution is -2.43. The summed E-state index contributed by atoms with van der Waals surface area (Å²) in [5.41, 5.74) is 0. The molecular formula is C18H22N4O6S. The molecule has 3 heterocycles. The number of sulfonamides is 1. The first kappa shape index (κ1) is 19.5. The second-order valence-electron chi connectivity index (χ2n) is 6.77. The summed E-state index contributed by atoms with van der Waals surface area (Å²) in [5, 5.41) is 0.0526. The van der Waals surface area contributed by atoms with Crippen LogP contribution < -0.4 is 14.2 Å². The first-order chi connectivity index (χ1) is 13.9. The predicted octanol–water partition coefficient (Wildman–Crippen LogP) is 0.829. The van der Waals surface area contributed by atoms with Gasteiger partial charge < -0.3 is 24.1 Å². The van der Waals surface area contributed by atoms with Gasteiger partial charge in [0.2, 0.25) is 6.79 Å². The summed E-state index contributed by atoms with van der Waals surface area (Å²) < 4.78 is 43.0. The molecule has 0 aliphatic carbocycles. The van der Waals surface area contributed by atoms with Crippen molar-refractivity contribution in [3.8, 4) is 17.2 Å². The van der Waals surface area contributed by atoms with E-state index in [1.807, 2.05) is 0 Å². The fourth-order valence-electron chi connectivity index (χ4n) is 3.34. The van der Waals surface area contributed by atoms with Crippen molar-refractivity contribution in [1.82, 2.24) is 19.2 Å². The minimum absolute atomic E-state index is 0.0526. The summed E-state index contributed by atoms with van der Waals surface area (Å²) in [5.74, 6) is 1.54. The fourth-order valence-corrected chi connectivity index (χ4v) is 4.70. The Morgan fingerprint density at radius 3 is 2.83 bits per heavy atom. The molecule has 0 radical (unpaired) electrons. The molecule has 0 bridgehead atoms. The molecule has 0 spiro atoms. The van der Waals surface area contributed by atoms with Crippen LogP contribution in [0.25, 0.3) is 0 Å². The van der Waals surface area contributed by atoms with Crippen molar-refractivity contribution in [2.45, 2.75) is 24.5 Å². The predicted molar refractivity (Wildman–Crippen MR) is 101 cm³/mol. The number of nitrogens with zero attached hydrogens (tertiary/aromatic N) is 3. The molecule has 4 rings (SSSR count). The third-order valence-electron chi connectivity index (χ3n) is 4.86. The van der Waals surface area contributed by atoms with Crippen molar-refractivity contribution in [3.05, 3.63) is 30.7 Å². The highest BCUT2D eigenvalue weighted by atomic mass is 32.2. The van der Waals surface area contributed by atoms with Crippen molar-refractivity contribution in [2.75, 3.05) is 33.0 Å². The van der Waals surface area contributed by atoms with E-state index >= 15 is 0 Å². The van der Waals surface area contributed by atoms with E-state index in [0.29, 0.717) is 43.3 Å². The number of H-pyrrole nitrogens is 1. The van der Waals surface area contributed by atoms with E-state index in [1.165, 1.54) is 16.8 Å². The van der Waals surface area contributed by atoms with Crippen LogP contribution in [0.3, 0.4) is 0 Å². The van der Waals surface area contributed by atoms with Crippen molar-refractivity contribution >= 4 is 15.9 Å². The van der Waals surface area contributed by atoms with Gasteiger partial charge in [-0.15, -0.1) is 0 Å². The summed E-state index contributed by atoms with van der Waals surface area (Å²) in [6.07, 6.45) is 2.43. The molecule has 2 aliphatic heterocycles. The molecule has 29 heavy (non-hydrogen) atoms. The van der Waals surface area contributed by atoms with Gasteiger partial charge in [0.1, 0.15) is 5.75 Å². The number of nitrogens with one attached hydrogen (secondary N) is 1. The standard InChI is InChI=1S/C18H22N4O6S/c1-13(28-14-3-4-15-16(9-14)27-12-26-15)18(23)21-5-2-6-22(8-7-21)29(24,25)17-10-19-11-20-17/h3-4,9-11,13H,2,5-8,12H2,1H3,(H,19,20). The second kappa shape index (κ2) is 7.91. The van der Waals surface area contributed by atoms with Crippen LogP contribution in [0.4, 0.5) is 0 Å². The third-order valence-corrected chi connectivity index (χ3v) is 6.69. The Morgan fingerprint density at radius 1 is 1.21 bits per heavy atom. The van der Waals surface area contributed by atoms with Crippen LogP contribution >= 0.6 is 0 Å². The Bertz CT molecular complexity index is 978. The minimum atomic E-state index is -3.65. The van der Waals surface area contributed by atoms with E-state index in [4.69, 9.17) is 14.2 Å². The van der Waals surface area contributed by atoms with Crippen molar-refractivity contribution < 1.29 is 27.4 Å². The molecular weight excluding hydrogens is 400 g/mol. The first-order valence-corrected chi connectivity index (χ1v) is 10.7. The Balaban J connectivity index is 1.38. The number of imidazole rings is 1. The van der Waals surface area contributed by atoms with Crippen LogP contribution in [0.15, 0.2) is 35.7 Å². The molecule has 1 N–H and O–H groups in total. The van der Waals surface area contributed by atoms with E-state index in [2.05, 4.69) is 9.97 Å². The molecule has 1 unspecified atom stereocenters. The van der Waals surface area contributed by atoms with Crippen LogP contribution in [-0.2, 0) is 14.8 Å². The van der Waals surface area contributed by atoms with Crippen molar-refractivity contribution in [2.24, 2.45) is 0 Å². The number of hydrogen-bond donors (Lipinski definition) is 1. The molecule has 1 aromatic carbocycles. The highest BCUT2D eigenvalue weighted by molar-refractivity contribution is 7.89. The van der Waals surface area contributed by atoms with Crippen molar-refractivity contribution in [3.63, 3.8) is 0 Å². The number of fused-ring (bicyclic) bond motifs is 1. The maximum absolute atomic E-state index is 12.8. The lowest BCUT2D eigenvalue weighted by Gasteiger charge is -2.25. The first-order valence-electron chi connectivity index (χ1n) is 9.29. The number of aromatic nitrogens is 2. The Kier molecular flexibility index (Phi) is 5.33. The Labute approximate surface area is 168 Å². The number of rotatable bonds is 5. The highest BCUT2D eigenvalue weighted by Crippen LogP contribution is 2.35. The molecule has 1 fully saturated rings. The molecule has 1 saturated heterocycles. The Morgan fingerprint density at radius 2 is 2.03 bits per heavy atom. The average molecular weight is 422 g/mol. The van der Waals surface area contributed by atoms with Crippen molar-refractivity contribution in [1.29, 1.82) is 0 Å². The largest absolute Gasteiger partial charge is 0.481 e. The SMILES string of the molecule is CC(Oc1ccc2c(c1)OCO2)C(=O)N1CCCN(S(=O)(=O)c2cnc[nH]2)CC1. The monoisotopic (exact) mass is 422 g/mol. The summed E-state index contributed by atoms with van der Waals surface area (Å²) in [7, 11) is -3.65. The van der Waals surface area contributed by atoms with Crippen LogP contribution in [-0.4, -0.2) is 72.6 Å².